The lowest BCUT2D eigenvalue weighted by molar-refractivity contribution is 0.0520. The summed E-state index contributed by atoms with van der Waals surface area (Å²) in [6.45, 7) is 5.49. The molecule has 0 spiro atoms. The van der Waals surface area contributed by atoms with E-state index in [1.54, 1.807) is 0 Å². The molecule has 0 aromatic heterocycles. The maximum absolute atomic E-state index is 5.54. The van der Waals surface area contributed by atoms with Crippen LogP contribution in [0.4, 0.5) is 0 Å². The van der Waals surface area contributed by atoms with Crippen molar-refractivity contribution in [1.29, 1.82) is 0 Å². The molecule has 2 rings (SSSR count). The SMILES string of the molecule is CCC1CCCCC1NCC1CCCOC1. The number of rotatable bonds is 4. The largest absolute Gasteiger partial charge is 0.381 e. The monoisotopic (exact) mass is 225 g/mol. The highest BCUT2D eigenvalue weighted by Gasteiger charge is 2.24. The molecule has 16 heavy (non-hydrogen) atoms. The Morgan fingerprint density at radius 2 is 2.00 bits per heavy atom. The Balaban J connectivity index is 1.70. The summed E-state index contributed by atoms with van der Waals surface area (Å²) < 4.78 is 5.54. The minimum absolute atomic E-state index is 0.771. The van der Waals surface area contributed by atoms with E-state index in [1.807, 2.05) is 0 Å². The van der Waals surface area contributed by atoms with Crippen LogP contribution in [0.5, 0.6) is 0 Å². The molecule has 2 fully saturated rings. The van der Waals surface area contributed by atoms with Crippen molar-refractivity contribution in [3.8, 4) is 0 Å². The smallest absolute Gasteiger partial charge is 0.0506 e. The van der Waals surface area contributed by atoms with E-state index in [1.165, 1.54) is 51.5 Å². The molecule has 0 aromatic rings. The van der Waals surface area contributed by atoms with Crippen LogP contribution >= 0.6 is 0 Å². The van der Waals surface area contributed by atoms with Crippen LogP contribution in [0.15, 0.2) is 0 Å². The Hall–Kier alpha value is -0.0800. The molecule has 2 heteroatoms. The van der Waals surface area contributed by atoms with Gasteiger partial charge in [-0.05, 0) is 37.5 Å². The average molecular weight is 225 g/mol. The van der Waals surface area contributed by atoms with Crippen molar-refractivity contribution in [1.82, 2.24) is 5.32 Å². The van der Waals surface area contributed by atoms with Gasteiger partial charge in [0.2, 0.25) is 0 Å². The van der Waals surface area contributed by atoms with Gasteiger partial charge in [0, 0.05) is 19.2 Å². The molecule has 3 atom stereocenters. The summed E-state index contributed by atoms with van der Waals surface area (Å²) in [5.41, 5.74) is 0. The van der Waals surface area contributed by atoms with Crippen LogP contribution in [0.3, 0.4) is 0 Å². The molecule has 2 aliphatic rings. The van der Waals surface area contributed by atoms with Crippen LogP contribution < -0.4 is 5.32 Å². The Bertz CT molecular complexity index is 189. The molecule has 0 aromatic carbocycles. The van der Waals surface area contributed by atoms with Gasteiger partial charge in [-0.3, -0.25) is 0 Å². The third-order valence-electron chi connectivity index (χ3n) is 4.36. The fraction of sp³-hybridized carbons (Fsp3) is 1.00. The molecule has 0 bridgehead atoms. The van der Waals surface area contributed by atoms with Gasteiger partial charge in [-0.1, -0.05) is 26.2 Å². The quantitative estimate of drug-likeness (QED) is 0.794. The molecule has 0 amide bonds. The summed E-state index contributed by atoms with van der Waals surface area (Å²) in [4.78, 5) is 0. The first-order valence-corrected chi connectivity index (χ1v) is 7.21. The zero-order valence-corrected chi connectivity index (χ0v) is 10.7. The topological polar surface area (TPSA) is 21.3 Å². The van der Waals surface area contributed by atoms with Crippen molar-refractivity contribution in [2.45, 2.75) is 57.9 Å². The van der Waals surface area contributed by atoms with Crippen molar-refractivity contribution >= 4 is 0 Å². The average Bonchev–Trinajstić information content (AvgIpc) is 2.38. The van der Waals surface area contributed by atoms with E-state index in [2.05, 4.69) is 12.2 Å². The normalized spacial score (nSPS) is 36.2. The molecule has 1 saturated carbocycles. The third kappa shape index (κ3) is 3.46. The number of nitrogens with one attached hydrogen (secondary N) is 1. The molecule has 1 aliphatic carbocycles. The Kier molecular flexibility index (Phi) is 5.11. The molecule has 1 N–H and O–H groups in total. The Morgan fingerprint density at radius 1 is 1.12 bits per heavy atom. The lowest BCUT2D eigenvalue weighted by atomic mass is 9.82. The van der Waals surface area contributed by atoms with E-state index < -0.39 is 0 Å². The van der Waals surface area contributed by atoms with E-state index in [-0.39, 0.29) is 0 Å². The summed E-state index contributed by atoms with van der Waals surface area (Å²) in [6.07, 6.45) is 9.67. The van der Waals surface area contributed by atoms with E-state index in [4.69, 9.17) is 4.74 Å². The zero-order chi connectivity index (χ0) is 11.2. The van der Waals surface area contributed by atoms with Gasteiger partial charge in [-0.15, -0.1) is 0 Å². The van der Waals surface area contributed by atoms with Crippen molar-refractivity contribution in [3.05, 3.63) is 0 Å². The third-order valence-corrected chi connectivity index (χ3v) is 4.36. The second kappa shape index (κ2) is 6.61. The number of ether oxygens (including phenoxy) is 1. The molecule has 3 unspecified atom stereocenters. The summed E-state index contributed by atoms with van der Waals surface area (Å²) in [6, 6.07) is 0.792. The van der Waals surface area contributed by atoms with Crippen LogP contribution in [0.2, 0.25) is 0 Å². The molecule has 1 saturated heterocycles. The van der Waals surface area contributed by atoms with E-state index in [9.17, 15) is 0 Å². The first-order chi connectivity index (χ1) is 7.90. The van der Waals surface area contributed by atoms with Crippen LogP contribution in [-0.2, 0) is 4.74 Å². The lowest BCUT2D eigenvalue weighted by Gasteiger charge is -2.33. The highest BCUT2D eigenvalue weighted by atomic mass is 16.5. The Morgan fingerprint density at radius 3 is 2.75 bits per heavy atom. The highest BCUT2D eigenvalue weighted by Crippen LogP contribution is 2.27. The summed E-state index contributed by atoms with van der Waals surface area (Å²) >= 11 is 0. The first kappa shape index (κ1) is 12.4. The van der Waals surface area contributed by atoms with Gasteiger partial charge in [0.15, 0.2) is 0 Å². The predicted octanol–water partition coefficient (Wildman–Crippen LogP) is 2.97. The van der Waals surface area contributed by atoms with E-state index in [0.717, 1.165) is 31.1 Å². The fourth-order valence-electron chi connectivity index (χ4n) is 3.25. The highest BCUT2D eigenvalue weighted by molar-refractivity contribution is 4.81. The van der Waals surface area contributed by atoms with Crippen molar-refractivity contribution in [2.24, 2.45) is 11.8 Å². The number of hydrogen-bond donors (Lipinski definition) is 1. The van der Waals surface area contributed by atoms with Gasteiger partial charge in [0.1, 0.15) is 0 Å². The summed E-state index contributed by atoms with van der Waals surface area (Å²) in [5, 5.41) is 3.81. The maximum Gasteiger partial charge on any atom is 0.0506 e. The molecule has 0 radical (unpaired) electrons. The molecule has 1 heterocycles. The van der Waals surface area contributed by atoms with Gasteiger partial charge in [0.05, 0.1) is 6.61 Å². The summed E-state index contributed by atoms with van der Waals surface area (Å²) in [5.74, 6) is 1.70. The van der Waals surface area contributed by atoms with Gasteiger partial charge in [0.25, 0.3) is 0 Å². The molecular formula is C14H27NO. The minimum atomic E-state index is 0.771. The van der Waals surface area contributed by atoms with E-state index in [0.29, 0.717) is 0 Å². The minimum Gasteiger partial charge on any atom is -0.381 e. The maximum atomic E-state index is 5.54. The molecule has 2 nitrogen and oxygen atoms in total. The molecular weight excluding hydrogens is 198 g/mol. The first-order valence-electron chi connectivity index (χ1n) is 7.21. The molecule has 94 valence electrons. The fourth-order valence-corrected chi connectivity index (χ4v) is 3.25. The van der Waals surface area contributed by atoms with Crippen LogP contribution in [0, 0.1) is 11.8 Å². The Labute approximate surface area is 100 Å². The lowest BCUT2D eigenvalue weighted by Crippen LogP contribution is -2.42. The number of hydrogen-bond acceptors (Lipinski definition) is 2. The van der Waals surface area contributed by atoms with Crippen LogP contribution in [0.1, 0.15) is 51.9 Å². The summed E-state index contributed by atoms with van der Waals surface area (Å²) in [7, 11) is 0. The molecule has 1 aliphatic heterocycles. The standard InChI is InChI=1S/C14H27NO/c1-2-13-7-3-4-8-14(13)15-10-12-6-5-9-16-11-12/h12-15H,2-11H2,1H3. The zero-order valence-electron chi connectivity index (χ0n) is 10.7. The second-order valence-corrected chi connectivity index (χ2v) is 5.55. The predicted molar refractivity (Wildman–Crippen MR) is 67.6 cm³/mol. The van der Waals surface area contributed by atoms with Crippen molar-refractivity contribution in [2.75, 3.05) is 19.8 Å². The van der Waals surface area contributed by atoms with Crippen molar-refractivity contribution in [3.63, 3.8) is 0 Å². The van der Waals surface area contributed by atoms with Crippen LogP contribution in [-0.4, -0.2) is 25.8 Å². The van der Waals surface area contributed by atoms with Crippen molar-refractivity contribution < 1.29 is 4.74 Å². The van der Waals surface area contributed by atoms with Crippen LogP contribution in [0.25, 0.3) is 0 Å². The van der Waals surface area contributed by atoms with Gasteiger partial charge < -0.3 is 10.1 Å². The second-order valence-electron chi connectivity index (χ2n) is 5.55. The van der Waals surface area contributed by atoms with Gasteiger partial charge in [-0.25, -0.2) is 0 Å². The van der Waals surface area contributed by atoms with Gasteiger partial charge >= 0.3 is 0 Å². The van der Waals surface area contributed by atoms with Gasteiger partial charge in [-0.2, -0.15) is 0 Å². The van der Waals surface area contributed by atoms with E-state index >= 15 is 0 Å².